The highest BCUT2D eigenvalue weighted by Gasteiger charge is 2.38. The molecule has 148 valence electrons. The molecule has 4 rings (SSSR count). The molecule has 3 aliphatic rings. The van der Waals surface area contributed by atoms with Gasteiger partial charge < -0.3 is 4.74 Å². The van der Waals surface area contributed by atoms with Crippen LogP contribution in [0.5, 0.6) is 5.75 Å². The molecule has 5 atom stereocenters. The lowest BCUT2D eigenvalue weighted by atomic mass is 9.61. The second kappa shape index (κ2) is 8.84. The van der Waals surface area contributed by atoms with Gasteiger partial charge in [-0.05, 0) is 124 Å². The third-order valence-corrected chi connectivity index (χ3v) is 8.09. The maximum Gasteiger partial charge on any atom is 0.119 e. The molecule has 0 aliphatic heterocycles. The van der Waals surface area contributed by atoms with E-state index in [0.29, 0.717) is 0 Å². The summed E-state index contributed by atoms with van der Waals surface area (Å²) in [5, 5.41) is 0. The number of methoxy groups -OCH3 is 1. The van der Waals surface area contributed by atoms with Crippen LogP contribution in [0.2, 0.25) is 0 Å². The van der Waals surface area contributed by atoms with Gasteiger partial charge in [-0.1, -0.05) is 24.6 Å². The van der Waals surface area contributed by atoms with E-state index in [9.17, 15) is 0 Å². The Labute approximate surface area is 166 Å². The van der Waals surface area contributed by atoms with Gasteiger partial charge in [0.1, 0.15) is 5.75 Å². The number of hydrogen-bond acceptors (Lipinski definition) is 1. The molecular weight excluding hydrogens is 328 g/mol. The molecule has 2 saturated carbocycles. The topological polar surface area (TPSA) is 9.23 Å². The number of rotatable bonds is 5. The summed E-state index contributed by atoms with van der Waals surface area (Å²) < 4.78 is 5.42. The maximum atomic E-state index is 5.42. The van der Waals surface area contributed by atoms with E-state index in [2.05, 4.69) is 37.3 Å². The van der Waals surface area contributed by atoms with Gasteiger partial charge in [0, 0.05) is 0 Å². The molecule has 0 bridgehead atoms. The fraction of sp³-hybridized carbons (Fsp3) is 0.692. The Morgan fingerprint density at radius 3 is 2.52 bits per heavy atom. The van der Waals surface area contributed by atoms with E-state index in [1.807, 2.05) is 0 Å². The van der Waals surface area contributed by atoms with Crippen LogP contribution in [-0.2, 0) is 12.8 Å². The first-order chi connectivity index (χ1) is 13.3. The van der Waals surface area contributed by atoms with Gasteiger partial charge in [0.05, 0.1) is 7.11 Å². The van der Waals surface area contributed by atoms with Crippen molar-refractivity contribution in [1.82, 2.24) is 0 Å². The molecule has 5 unspecified atom stereocenters. The van der Waals surface area contributed by atoms with Crippen molar-refractivity contribution in [2.75, 3.05) is 7.11 Å². The molecule has 0 radical (unpaired) electrons. The van der Waals surface area contributed by atoms with Crippen LogP contribution in [0.4, 0.5) is 0 Å². The molecule has 0 N–H and O–H groups in total. The Hall–Kier alpha value is -1.24. The lowest BCUT2D eigenvalue weighted by molar-refractivity contribution is 0.0699. The zero-order chi connectivity index (χ0) is 18.6. The summed E-state index contributed by atoms with van der Waals surface area (Å²) in [6, 6.07) is 6.77. The van der Waals surface area contributed by atoms with Gasteiger partial charge in [-0.25, -0.2) is 0 Å². The van der Waals surface area contributed by atoms with E-state index in [1.54, 1.807) is 18.2 Å². The SMILES string of the molecule is CC=CCCC1CCC2CC(C3CCc4cc(OC)ccc4C3)CCC2C1. The van der Waals surface area contributed by atoms with Crippen LogP contribution in [0.1, 0.15) is 75.8 Å². The van der Waals surface area contributed by atoms with E-state index in [0.717, 1.165) is 35.3 Å². The first-order valence-corrected chi connectivity index (χ1v) is 11.5. The normalized spacial score (nSPS) is 33.5. The summed E-state index contributed by atoms with van der Waals surface area (Å²) in [4.78, 5) is 0. The van der Waals surface area contributed by atoms with Gasteiger partial charge in [0.2, 0.25) is 0 Å². The average molecular weight is 367 g/mol. The Kier molecular flexibility index (Phi) is 6.25. The fourth-order valence-corrected chi connectivity index (χ4v) is 6.50. The predicted molar refractivity (Wildman–Crippen MR) is 114 cm³/mol. The molecule has 0 aromatic heterocycles. The molecule has 0 heterocycles. The monoisotopic (exact) mass is 366 g/mol. The molecule has 1 aromatic rings. The molecule has 1 nitrogen and oxygen atoms in total. The van der Waals surface area contributed by atoms with Crippen molar-refractivity contribution in [3.05, 3.63) is 41.5 Å². The molecule has 3 aliphatic carbocycles. The van der Waals surface area contributed by atoms with E-state index in [4.69, 9.17) is 4.74 Å². The number of benzene rings is 1. The zero-order valence-corrected chi connectivity index (χ0v) is 17.5. The molecule has 2 fully saturated rings. The number of aryl methyl sites for hydroxylation is 1. The van der Waals surface area contributed by atoms with Crippen LogP contribution >= 0.6 is 0 Å². The molecule has 0 amide bonds. The van der Waals surface area contributed by atoms with Crippen molar-refractivity contribution >= 4 is 0 Å². The lowest BCUT2D eigenvalue weighted by Gasteiger charge is -2.45. The maximum absolute atomic E-state index is 5.42. The first-order valence-electron chi connectivity index (χ1n) is 11.5. The quantitative estimate of drug-likeness (QED) is 0.510. The van der Waals surface area contributed by atoms with Crippen LogP contribution in [0, 0.1) is 29.6 Å². The van der Waals surface area contributed by atoms with Crippen molar-refractivity contribution in [2.24, 2.45) is 29.6 Å². The van der Waals surface area contributed by atoms with Crippen LogP contribution in [0.15, 0.2) is 30.4 Å². The third-order valence-electron chi connectivity index (χ3n) is 8.09. The minimum Gasteiger partial charge on any atom is -0.497 e. The Morgan fingerprint density at radius 1 is 0.926 bits per heavy atom. The van der Waals surface area contributed by atoms with Gasteiger partial charge in [-0.3, -0.25) is 0 Å². The van der Waals surface area contributed by atoms with E-state index < -0.39 is 0 Å². The van der Waals surface area contributed by atoms with Crippen molar-refractivity contribution in [3.63, 3.8) is 0 Å². The van der Waals surface area contributed by atoms with Crippen molar-refractivity contribution in [1.29, 1.82) is 0 Å². The zero-order valence-electron chi connectivity index (χ0n) is 17.5. The summed E-state index contributed by atoms with van der Waals surface area (Å²) in [6.45, 7) is 2.15. The smallest absolute Gasteiger partial charge is 0.119 e. The van der Waals surface area contributed by atoms with Crippen LogP contribution < -0.4 is 4.74 Å². The minimum atomic E-state index is 0.930. The summed E-state index contributed by atoms with van der Waals surface area (Å²) in [7, 11) is 1.78. The Balaban J connectivity index is 1.31. The molecule has 1 aromatic carbocycles. The molecular formula is C26H38O. The van der Waals surface area contributed by atoms with Crippen LogP contribution in [-0.4, -0.2) is 7.11 Å². The summed E-state index contributed by atoms with van der Waals surface area (Å²) in [5.74, 6) is 6.04. The van der Waals surface area contributed by atoms with Gasteiger partial charge in [0.25, 0.3) is 0 Å². The largest absolute Gasteiger partial charge is 0.497 e. The van der Waals surface area contributed by atoms with Crippen molar-refractivity contribution < 1.29 is 4.74 Å². The van der Waals surface area contributed by atoms with Crippen molar-refractivity contribution in [3.8, 4) is 5.75 Å². The highest BCUT2D eigenvalue weighted by atomic mass is 16.5. The summed E-state index contributed by atoms with van der Waals surface area (Å²) in [5.41, 5.74) is 3.14. The van der Waals surface area contributed by atoms with Gasteiger partial charge >= 0.3 is 0 Å². The third kappa shape index (κ3) is 4.44. The van der Waals surface area contributed by atoms with Crippen molar-refractivity contribution in [2.45, 2.75) is 77.6 Å². The van der Waals surface area contributed by atoms with E-state index in [-0.39, 0.29) is 0 Å². The first kappa shape index (κ1) is 19.1. The van der Waals surface area contributed by atoms with Gasteiger partial charge in [-0.15, -0.1) is 0 Å². The predicted octanol–water partition coefficient (Wildman–Crippen LogP) is 6.99. The lowest BCUT2D eigenvalue weighted by Crippen LogP contribution is -2.35. The molecule has 0 saturated heterocycles. The molecule has 1 heteroatoms. The minimum absolute atomic E-state index is 0.930. The summed E-state index contributed by atoms with van der Waals surface area (Å²) >= 11 is 0. The Bertz CT molecular complexity index is 646. The highest BCUT2D eigenvalue weighted by Crippen LogP contribution is 2.49. The Morgan fingerprint density at radius 2 is 1.70 bits per heavy atom. The average Bonchev–Trinajstić information content (AvgIpc) is 2.72. The van der Waals surface area contributed by atoms with Crippen LogP contribution in [0.3, 0.4) is 0 Å². The second-order valence-corrected chi connectivity index (χ2v) is 9.56. The number of hydrogen-bond donors (Lipinski definition) is 0. The standard InChI is InChI=1S/C26H38O/c1-3-4-5-6-19-7-8-21-16-22(10-9-20(21)15-19)23-11-12-25-18-26(27-2)14-13-24(25)17-23/h3-4,13-14,18-23H,5-12,15-17H2,1-2H3. The molecule has 27 heavy (non-hydrogen) atoms. The van der Waals surface area contributed by atoms with Gasteiger partial charge in [-0.2, -0.15) is 0 Å². The highest BCUT2D eigenvalue weighted by molar-refractivity contribution is 5.37. The fourth-order valence-electron chi connectivity index (χ4n) is 6.50. The summed E-state index contributed by atoms with van der Waals surface area (Å²) in [6.07, 6.45) is 20.4. The number of allylic oxidation sites excluding steroid dienone is 2. The molecule has 0 spiro atoms. The van der Waals surface area contributed by atoms with E-state index >= 15 is 0 Å². The van der Waals surface area contributed by atoms with E-state index in [1.165, 1.54) is 70.6 Å². The number of fused-ring (bicyclic) bond motifs is 2. The number of ether oxygens (including phenoxy) is 1. The van der Waals surface area contributed by atoms with Gasteiger partial charge in [0.15, 0.2) is 0 Å². The second-order valence-electron chi connectivity index (χ2n) is 9.56. The van der Waals surface area contributed by atoms with Crippen LogP contribution in [0.25, 0.3) is 0 Å².